The van der Waals surface area contributed by atoms with Crippen LogP contribution in [0.2, 0.25) is 0 Å². The van der Waals surface area contributed by atoms with E-state index in [0.717, 1.165) is 30.6 Å². The molecule has 1 N–H and O–H groups in total. The fourth-order valence-electron chi connectivity index (χ4n) is 3.82. The van der Waals surface area contributed by atoms with E-state index >= 15 is 0 Å². The van der Waals surface area contributed by atoms with Crippen molar-refractivity contribution in [3.63, 3.8) is 0 Å². The van der Waals surface area contributed by atoms with E-state index in [4.69, 9.17) is 4.52 Å². The maximum absolute atomic E-state index is 13.4. The Balaban J connectivity index is 1.66. The van der Waals surface area contributed by atoms with E-state index in [2.05, 4.69) is 15.5 Å². The SMILES string of the molecule is O=C(NC1CCCC1)c1cc(-c2cccs2)nc2onc(-c3ccc(F)cc3)c12. The van der Waals surface area contributed by atoms with E-state index < -0.39 is 0 Å². The van der Waals surface area contributed by atoms with Gasteiger partial charge in [0, 0.05) is 11.6 Å². The molecule has 1 aliphatic rings. The summed E-state index contributed by atoms with van der Waals surface area (Å²) in [5.74, 6) is -0.493. The Bertz CT molecular complexity index is 1160. The number of carbonyl (C=O) groups excluding carboxylic acids is 1. The van der Waals surface area contributed by atoms with Crippen LogP contribution in [0.1, 0.15) is 36.0 Å². The van der Waals surface area contributed by atoms with Crippen LogP contribution in [0.25, 0.3) is 32.9 Å². The molecule has 1 aliphatic carbocycles. The van der Waals surface area contributed by atoms with Gasteiger partial charge in [-0.25, -0.2) is 9.37 Å². The lowest BCUT2D eigenvalue weighted by molar-refractivity contribution is 0.0939. The predicted molar refractivity (Wildman–Crippen MR) is 110 cm³/mol. The molecule has 0 bridgehead atoms. The number of nitrogens with zero attached hydrogens (tertiary/aromatic N) is 2. The molecule has 0 atom stereocenters. The Morgan fingerprint density at radius 1 is 1.17 bits per heavy atom. The maximum atomic E-state index is 13.4. The van der Waals surface area contributed by atoms with Gasteiger partial charge < -0.3 is 9.84 Å². The Morgan fingerprint density at radius 2 is 1.97 bits per heavy atom. The molecular weight excluding hydrogens is 389 g/mol. The number of hydrogen-bond acceptors (Lipinski definition) is 5. The van der Waals surface area contributed by atoms with E-state index in [1.807, 2.05) is 17.5 Å². The van der Waals surface area contributed by atoms with Crippen molar-refractivity contribution < 1.29 is 13.7 Å². The molecular formula is C22H18FN3O2S. The van der Waals surface area contributed by atoms with Gasteiger partial charge in [0.05, 0.1) is 21.5 Å². The number of fused-ring (bicyclic) bond motifs is 1. The zero-order valence-electron chi connectivity index (χ0n) is 15.5. The fourth-order valence-corrected chi connectivity index (χ4v) is 4.50. The van der Waals surface area contributed by atoms with Crippen molar-refractivity contribution in [3.05, 3.63) is 59.2 Å². The predicted octanol–water partition coefficient (Wildman–Crippen LogP) is 5.43. The van der Waals surface area contributed by atoms with Gasteiger partial charge in [0.25, 0.3) is 11.6 Å². The number of halogens is 1. The summed E-state index contributed by atoms with van der Waals surface area (Å²) in [6.45, 7) is 0. The van der Waals surface area contributed by atoms with Crippen LogP contribution >= 0.6 is 11.3 Å². The molecule has 5 nitrogen and oxygen atoms in total. The number of benzene rings is 1. The normalized spacial score (nSPS) is 14.5. The molecule has 1 fully saturated rings. The second-order valence-corrected chi connectivity index (χ2v) is 8.15. The van der Waals surface area contributed by atoms with Crippen molar-refractivity contribution in [1.82, 2.24) is 15.5 Å². The lowest BCUT2D eigenvalue weighted by Gasteiger charge is -2.13. The molecule has 0 aliphatic heterocycles. The number of carbonyl (C=O) groups is 1. The van der Waals surface area contributed by atoms with Crippen LogP contribution in [0.3, 0.4) is 0 Å². The summed E-state index contributed by atoms with van der Waals surface area (Å²) in [4.78, 5) is 18.7. The van der Waals surface area contributed by atoms with Crippen LogP contribution in [0.15, 0.2) is 52.4 Å². The van der Waals surface area contributed by atoms with E-state index in [0.29, 0.717) is 33.6 Å². The van der Waals surface area contributed by atoms with Gasteiger partial charge in [0.2, 0.25) is 0 Å². The third-order valence-electron chi connectivity index (χ3n) is 5.27. The number of pyridine rings is 1. The minimum Gasteiger partial charge on any atom is -0.349 e. The van der Waals surface area contributed by atoms with Crippen LogP contribution in [-0.2, 0) is 0 Å². The van der Waals surface area contributed by atoms with E-state index in [9.17, 15) is 9.18 Å². The van der Waals surface area contributed by atoms with Crippen LogP contribution < -0.4 is 5.32 Å². The Morgan fingerprint density at radius 3 is 2.69 bits per heavy atom. The molecule has 29 heavy (non-hydrogen) atoms. The molecule has 146 valence electrons. The molecule has 4 aromatic rings. The molecule has 0 unspecified atom stereocenters. The monoisotopic (exact) mass is 407 g/mol. The van der Waals surface area contributed by atoms with Crippen LogP contribution in [0, 0.1) is 5.82 Å². The molecule has 0 saturated heterocycles. The van der Waals surface area contributed by atoms with Gasteiger partial charge in [-0.15, -0.1) is 11.3 Å². The second kappa shape index (κ2) is 7.40. The van der Waals surface area contributed by atoms with Gasteiger partial charge in [-0.3, -0.25) is 4.79 Å². The van der Waals surface area contributed by atoms with Crippen molar-refractivity contribution in [2.75, 3.05) is 0 Å². The van der Waals surface area contributed by atoms with E-state index in [1.54, 1.807) is 29.5 Å². The average Bonchev–Trinajstić information content (AvgIpc) is 3.49. The van der Waals surface area contributed by atoms with Crippen molar-refractivity contribution in [1.29, 1.82) is 0 Å². The van der Waals surface area contributed by atoms with E-state index in [-0.39, 0.29) is 17.8 Å². The number of nitrogens with one attached hydrogen (secondary N) is 1. The standard InChI is InChI=1S/C22H18FN3O2S/c23-14-9-7-13(8-10-14)20-19-16(21(27)24-15-4-1-2-5-15)12-17(18-6-3-11-29-18)25-22(19)28-26-20/h3,6-12,15H,1-2,4-5H2,(H,24,27). The molecule has 1 amide bonds. The molecule has 0 radical (unpaired) electrons. The second-order valence-electron chi connectivity index (χ2n) is 7.21. The first-order chi connectivity index (χ1) is 14.2. The lowest BCUT2D eigenvalue weighted by Crippen LogP contribution is -2.32. The summed E-state index contributed by atoms with van der Waals surface area (Å²) in [6, 6.07) is 11.8. The maximum Gasteiger partial charge on any atom is 0.259 e. The first-order valence-electron chi connectivity index (χ1n) is 9.60. The fraction of sp³-hybridized carbons (Fsp3) is 0.227. The van der Waals surface area contributed by atoms with Gasteiger partial charge in [0.1, 0.15) is 11.5 Å². The summed E-state index contributed by atoms with van der Waals surface area (Å²) in [5.41, 5.74) is 2.61. The first kappa shape index (κ1) is 18.0. The lowest BCUT2D eigenvalue weighted by atomic mass is 10.0. The number of thiophene rings is 1. The van der Waals surface area contributed by atoms with Gasteiger partial charge in [0.15, 0.2) is 0 Å². The van der Waals surface area contributed by atoms with Crippen LogP contribution in [0.5, 0.6) is 0 Å². The molecule has 1 saturated carbocycles. The topological polar surface area (TPSA) is 68.0 Å². The minimum atomic E-state index is -0.334. The van der Waals surface area contributed by atoms with Crippen molar-refractivity contribution in [2.24, 2.45) is 0 Å². The molecule has 7 heteroatoms. The summed E-state index contributed by atoms with van der Waals surface area (Å²) >= 11 is 1.54. The number of aromatic nitrogens is 2. The quantitative estimate of drug-likeness (QED) is 0.490. The summed E-state index contributed by atoms with van der Waals surface area (Å²) in [7, 11) is 0. The highest BCUT2D eigenvalue weighted by atomic mass is 32.1. The highest BCUT2D eigenvalue weighted by molar-refractivity contribution is 7.13. The summed E-state index contributed by atoms with van der Waals surface area (Å²) in [6.07, 6.45) is 4.24. The zero-order valence-corrected chi connectivity index (χ0v) is 16.3. The Kier molecular flexibility index (Phi) is 4.60. The molecule has 3 aromatic heterocycles. The van der Waals surface area contributed by atoms with E-state index in [1.165, 1.54) is 12.1 Å². The third-order valence-corrected chi connectivity index (χ3v) is 6.17. The molecule has 1 aromatic carbocycles. The summed E-state index contributed by atoms with van der Waals surface area (Å²) < 4.78 is 18.9. The average molecular weight is 407 g/mol. The van der Waals surface area contributed by atoms with Gasteiger partial charge in [-0.05, 0) is 54.6 Å². The summed E-state index contributed by atoms with van der Waals surface area (Å²) in [5, 5.41) is 9.81. The number of amides is 1. The van der Waals surface area contributed by atoms with Gasteiger partial charge in [-0.2, -0.15) is 0 Å². The Hall–Kier alpha value is -3.06. The molecule has 5 rings (SSSR count). The highest BCUT2D eigenvalue weighted by Crippen LogP contribution is 2.34. The zero-order chi connectivity index (χ0) is 19.8. The van der Waals surface area contributed by atoms with Crippen molar-refractivity contribution >= 4 is 28.3 Å². The van der Waals surface area contributed by atoms with Crippen LogP contribution in [-0.4, -0.2) is 22.1 Å². The first-order valence-corrected chi connectivity index (χ1v) is 10.5. The number of hydrogen-bond donors (Lipinski definition) is 1. The van der Waals surface area contributed by atoms with Gasteiger partial charge >= 0.3 is 0 Å². The molecule has 0 spiro atoms. The number of rotatable bonds is 4. The van der Waals surface area contributed by atoms with Crippen LogP contribution in [0.4, 0.5) is 4.39 Å². The minimum absolute atomic E-state index is 0.159. The van der Waals surface area contributed by atoms with Gasteiger partial charge in [-0.1, -0.05) is 24.1 Å². The third kappa shape index (κ3) is 3.42. The molecule has 3 heterocycles. The largest absolute Gasteiger partial charge is 0.349 e. The highest BCUT2D eigenvalue weighted by Gasteiger charge is 2.25. The van der Waals surface area contributed by atoms with Crippen molar-refractivity contribution in [3.8, 4) is 21.8 Å². The van der Waals surface area contributed by atoms with Crippen molar-refractivity contribution in [2.45, 2.75) is 31.7 Å². The smallest absolute Gasteiger partial charge is 0.259 e. The Labute approximate surface area is 170 Å².